The van der Waals surface area contributed by atoms with Gasteiger partial charge < -0.3 is 14.5 Å². The van der Waals surface area contributed by atoms with Gasteiger partial charge in [0, 0.05) is 25.7 Å². The lowest BCUT2D eigenvalue weighted by Gasteiger charge is -2.33. The van der Waals surface area contributed by atoms with Crippen LogP contribution in [-0.4, -0.2) is 54.4 Å². The number of benzene rings is 3. The van der Waals surface area contributed by atoms with Crippen LogP contribution in [0.2, 0.25) is 0 Å². The van der Waals surface area contributed by atoms with Crippen molar-refractivity contribution in [2.45, 2.75) is 44.3 Å². The minimum absolute atomic E-state index is 0.120. The van der Waals surface area contributed by atoms with Crippen molar-refractivity contribution in [2.24, 2.45) is 0 Å². The minimum Gasteiger partial charge on any atom is -0.491 e. The second-order valence-corrected chi connectivity index (χ2v) is 9.87. The molecule has 3 aromatic carbocycles. The summed E-state index contributed by atoms with van der Waals surface area (Å²) in [4.78, 5) is 30.3. The number of amides is 2. The van der Waals surface area contributed by atoms with Crippen LogP contribution in [0.15, 0.2) is 78.9 Å². The van der Waals surface area contributed by atoms with Gasteiger partial charge in [-0.2, -0.15) is 13.2 Å². The summed E-state index contributed by atoms with van der Waals surface area (Å²) in [6.07, 6.45) is -0.689. The number of para-hydroxylation sites is 1. The fourth-order valence-corrected chi connectivity index (χ4v) is 4.81. The van der Waals surface area contributed by atoms with E-state index >= 15 is 0 Å². The van der Waals surface area contributed by atoms with Crippen molar-refractivity contribution in [1.82, 2.24) is 9.80 Å². The maximum absolute atomic E-state index is 13.8. The summed E-state index contributed by atoms with van der Waals surface area (Å²) in [5.74, 6) is -0.0317. The number of carbonyl (C=O) groups is 2. The van der Waals surface area contributed by atoms with Crippen molar-refractivity contribution in [3.05, 3.63) is 101 Å². The van der Waals surface area contributed by atoms with E-state index in [1.165, 1.54) is 12.1 Å². The first-order valence-corrected chi connectivity index (χ1v) is 13.2. The summed E-state index contributed by atoms with van der Waals surface area (Å²) in [6, 6.07) is 20.7. The molecule has 5 nitrogen and oxygen atoms in total. The minimum atomic E-state index is -4.48. The normalized spacial score (nSPS) is 17.6. The number of alkyl halides is 3. The van der Waals surface area contributed by atoms with Gasteiger partial charge in [0.1, 0.15) is 12.4 Å². The van der Waals surface area contributed by atoms with E-state index in [-0.39, 0.29) is 24.0 Å². The summed E-state index contributed by atoms with van der Waals surface area (Å²) in [5, 5.41) is 0. The molecule has 0 saturated carbocycles. The van der Waals surface area contributed by atoms with E-state index in [2.05, 4.69) is 0 Å². The maximum atomic E-state index is 13.8. The van der Waals surface area contributed by atoms with Gasteiger partial charge in [-0.05, 0) is 61.2 Å². The Morgan fingerprint density at radius 2 is 1.51 bits per heavy atom. The van der Waals surface area contributed by atoms with Crippen LogP contribution in [0.1, 0.15) is 57.5 Å². The Morgan fingerprint density at radius 3 is 2.21 bits per heavy atom. The lowest BCUT2D eigenvalue weighted by Crippen LogP contribution is -2.45. The molecule has 2 amide bonds. The molecule has 0 aromatic heterocycles. The molecule has 0 N–H and O–H groups in total. The van der Waals surface area contributed by atoms with Gasteiger partial charge in [-0.15, -0.1) is 0 Å². The highest BCUT2D eigenvalue weighted by atomic mass is 19.4. The van der Waals surface area contributed by atoms with Crippen LogP contribution in [0.25, 0.3) is 0 Å². The second kappa shape index (κ2) is 12.8. The number of hydrogen-bond donors (Lipinski definition) is 0. The van der Waals surface area contributed by atoms with Crippen molar-refractivity contribution in [3.8, 4) is 5.75 Å². The molecule has 1 atom stereocenters. The topological polar surface area (TPSA) is 49.9 Å². The Bertz CT molecular complexity index is 1250. The fourth-order valence-electron chi connectivity index (χ4n) is 4.81. The number of hydrogen-bond acceptors (Lipinski definition) is 3. The molecular weight excluding hydrogens is 505 g/mol. The molecule has 0 saturated heterocycles. The molecule has 0 aliphatic carbocycles. The molecule has 1 aliphatic rings. The fraction of sp³-hybridized carbons (Fsp3) is 0.355. The number of ether oxygens (including phenoxy) is 1. The molecule has 0 spiro atoms. The highest BCUT2D eigenvalue weighted by molar-refractivity contribution is 5.97. The van der Waals surface area contributed by atoms with E-state index in [1.807, 2.05) is 30.3 Å². The Balaban J connectivity index is 1.68. The van der Waals surface area contributed by atoms with Gasteiger partial charge in [0.05, 0.1) is 17.2 Å². The number of fused-ring (bicyclic) bond motifs is 1. The molecule has 0 radical (unpaired) electrons. The molecule has 39 heavy (non-hydrogen) atoms. The van der Waals surface area contributed by atoms with Gasteiger partial charge in [-0.3, -0.25) is 9.59 Å². The SMILES string of the molecule is CN1CCCCCCN(C(=O)c2ccc(C(F)(F)F)cc2)[C@@H](Cc2ccccc2)COc2ccccc2C1=O. The predicted octanol–water partition coefficient (Wildman–Crippen LogP) is 6.48. The van der Waals surface area contributed by atoms with Gasteiger partial charge in [0.2, 0.25) is 0 Å². The Kier molecular flexibility index (Phi) is 9.28. The number of carbonyl (C=O) groups excluding carboxylic acids is 2. The first-order valence-electron chi connectivity index (χ1n) is 13.2. The highest BCUT2D eigenvalue weighted by Gasteiger charge is 2.31. The van der Waals surface area contributed by atoms with Gasteiger partial charge in [0.15, 0.2) is 0 Å². The molecular formula is C31H33F3N2O3. The third-order valence-electron chi connectivity index (χ3n) is 7.01. The molecule has 1 aliphatic heterocycles. The number of rotatable bonds is 3. The molecule has 0 fully saturated rings. The van der Waals surface area contributed by atoms with Crippen LogP contribution in [0.3, 0.4) is 0 Å². The van der Waals surface area contributed by atoms with Crippen LogP contribution < -0.4 is 4.74 Å². The van der Waals surface area contributed by atoms with E-state index in [1.54, 1.807) is 41.1 Å². The van der Waals surface area contributed by atoms with Crippen LogP contribution in [0, 0.1) is 0 Å². The Morgan fingerprint density at radius 1 is 0.872 bits per heavy atom. The lowest BCUT2D eigenvalue weighted by atomic mass is 10.0. The van der Waals surface area contributed by atoms with Crippen LogP contribution in [-0.2, 0) is 12.6 Å². The highest BCUT2D eigenvalue weighted by Crippen LogP contribution is 2.29. The van der Waals surface area contributed by atoms with E-state index in [4.69, 9.17) is 4.74 Å². The van der Waals surface area contributed by atoms with Crippen molar-refractivity contribution >= 4 is 11.8 Å². The van der Waals surface area contributed by atoms with Gasteiger partial charge >= 0.3 is 6.18 Å². The molecule has 0 unspecified atom stereocenters. The summed E-state index contributed by atoms with van der Waals surface area (Å²) in [7, 11) is 1.79. The number of halogens is 3. The van der Waals surface area contributed by atoms with Crippen LogP contribution in [0.5, 0.6) is 5.75 Å². The van der Waals surface area contributed by atoms with Crippen molar-refractivity contribution in [2.75, 3.05) is 26.7 Å². The standard InChI is InChI=1S/C31H33F3N2O3/c1-35-19-9-2-3-10-20-36(29(37)24-15-17-25(18-16-24)31(32,33)34)26(21-23-11-5-4-6-12-23)22-39-28-14-8-7-13-27(28)30(35)38/h4-8,11-18,26H,2-3,9-10,19-22H2,1H3/t26-/m0/s1. The van der Waals surface area contributed by atoms with E-state index in [0.29, 0.717) is 30.8 Å². The monoisotopic (exact) mass is 538 g/mol. The first kappa shape index (κ1) is 28.2. The number of nitrogens with zero attached hydrogens (tertiary/aromatic N) is 2. The molecule has 206 valence electrons. The summed E-state index contributed by atoms with van der Waals surface area (Å²) in [6.45, 7) is 1.17. The van der Waals surface area contributed by atoms with Crippen LogP contribution >= 0.6 is 0 Å². The quantitative estimate of drug-likeness (QED) is 0.383. The zero-order chi connectivity index (χ0) is 27.8. The van der Waals surface area contributed by atoms with Gasteiger partial charge in [0.25, 0.3) is 11.8 Å². The summed E-state index contributed by atoms with van der Waals surface area (Å²) in [5.41, 5.74) is 0.854. The zero-order valence-corrected chi connectivity index (χ0v) is 22.0. The molecule has 4 rings (SSSR count). The van der Waals surface area contributed by atoms with Crippen molar-refractivity contribution in [3.63, 3.8) is 0 Å². The lowest BCUT2D eigenvalue weighted by molar-refractivity contribution is -0.137. The van der Waals surface area contributed by atoms with Crippen LogP contribution in [0.4, 0.5) is 13.2 Å². The largest absolute Gasteiger partial charge is 0.491 e. The third kappa shape index (κ3) is 7.40. The van der Waals surface area contributed by atoms with Crippen molar-refractivity contribution in [1.29, 1.82) is 0 Å². The Labute approximate surface area is 227 Å². The third-order valence-corrected chi connectivity index (χ3v) is 7.01. The maximum Gasteiger partial charge on any atom is 0.416 e. The molecule has 1 heterocycles. The zero-order valence-electron chi connectivity index (χ0n) is 22.0. The predicted molar refractivity (Wildman–Crippen MR) is 144 cm³/mol. The average molecular weight is 539 g/mol. The Hall–Kier alpha value is -3.81. The summed E-state index contributed by atoms with van der Waals surface area (Å²) >= 11 is 0. The first-order chi connectivity index (χ1) is 18.7. The summed E-state index contributed by atoms with van der Waals surface area (Å²) < 4.78 is 45.6. The van der Waals surface area contributed by atoms with Gasteiger partial charge in [-0.25, -0.2) is 0 Å². The molecule has 0 bridgehead atoms. The van der Waals surface area contributed by atoms with E-state index in [0.717, 1.165) is 43.4 Å². The smallest absolute Gasteiger partial charge is 0.416 e. The molecule has 3 aromatic rings. The van der Waals surface area contributed by atoms with E-state index in [9.17, 15) is 22.8 Å². The van der Waals surface area contributed by atoms with E-state index < -0.39 is 17.8 Å². The average Bonchev–Trinajstić information content (AvgIpc) is 2.94. The molecule has 8 heteroatoms. The van der Waals surface area contributed by atoms with Gasteiger partial charge in [-0.1, -0.05) is 55.3 Å². The van der Waals surface area contributed by atoms with Crippen molar-refractivity contribution < 1.29 is 27.5 Å². The second-order valence-electron chi connectivity index (χ2n) is 9.87.